The summed E-state index contributed by atoms with van der Waals surface area (Å²) in [5, 5.41) is 12.1. The van der Waals surface area contributed by atoms with E-state index in [-0.39, 0.29) is 10.9 Å². The van der Waals surface area contributed by atoms with Gasteiger partial charge in [0, 0.05) is 18.3 Å². The average molecular weight is 461 g/mol. The molecule has 0 spiro atoms. The van der Waals surface area contributed by atoms with E-state index < -0.39 is 10.0 Å². The summed E-state index contributed by atoms with van der Waals surface area (Å²) in [4.78, 5) is 0.267. The van der Waals surface area contributed by atoms with Crippen molar-refractivity contribution in [3.8, 4) is 0 Å². The van der Waals surface area contributed by atoms with Gasteiger partial charge in [-0.3, -0.25) is 0 Å². The number of rotatable bonds is 11. The normalized spacial score (nSPS) is 12.4. The quantitative estimate of drug-likeness (QED) is 0.320. The number of nitrogens with zero attached hydrogens (tertiary/aromatic N) is 2. The highest BCUT2D eigenvalue weighted by atomic mass is 32.2. The molecule has 0 aliphatic carbocycles. The van der Waals surface area contributed by atoms with Crippen LogP contribution >= 0.6 is 23.1 Å². The summed E-state index contributed by atoms with van der Waals surface area (Å²) < 4.78 is 29.5. The number of aromatic nitrogens is 2. The SMILES string of the molecule is C=CCNc1nnc(SCCC(NS(=O)(=O)c2ccc(C)cc2)c2ccccc2)s1. The number of thioether (sulfide) groups is 1. The highest BCUT2D eigenvalue weighted by molar-refractivity contribution is 8.01. The third kappa shape index (κ3) is 6.40. The topological polar surface area (TPSA) is 84.0 Å². The third-order valence-corrected chi connectivity index (χ3v) is 7.80. The number of nitrogens with one attached hydrogen (secondary N) is 2. The fraction of sp³-hybridized carbons (Fsp3) is 0.238. The molecular formula is C21H24N4O2S3. The number of sulfonamides is 1. The van der Waals surface area contributed by atoms with E-state index in [0.29, 0.717) is 18.7 Å². The van der Waals surface area contributed by atoms with Gasteiger partial charge in [-0.05, 0) is 31.0 Å². The van der Waals surface area contributed by atoms with E-state index in [1.807, 2.05) is 37.3 Å². The van der Waals surface area contributed by atoms with Crippen LogP contribution in [0.15, 0.2) is 76.5 Å². The monoisotopic (exact) mass is 460 g/mol. The second-order valence-corrected chi connectivity index (χ2v) is 10.6. The minimum absolute atomic E-state index is 0.267. The first kappa shape index (κ1) is 22.5. The van der Waals surface area contributed by atoms with E-state index in [9.17, 15) is 8.42 Å². The molecular weight excluding hydrogens is 436 g/mol. The van der Waals surface area contributed by atoms with Gasteiger partial charge in [-0.1, -0.05) is 77.2 Å². The molecule has 2 aromatic carbocycles. The average Bonchev–Trinajstić information content (AvgIpc) is 3.20. The van der Waals surface area contributed by atoms with E-state index in [1.165, 1.54) is 11.3 Å². The van der Waals surface area contributed by atoms with Crippen molar-refractivity contribution in [3.63, 3.8) is 0 Å². The Bertz CT molecular complexity index is 1050. The maximum absolute atomic E-state index is 12.9. The number of benzene rings is 2. The molecule has 0 radical (unpaired) electrons. The van der Waals surface area contributed by atoms with Gasteiger partial charge in [-0.2, -0.15) is 0 Å². The standard InChI is InChI=1S/C21H24N4O2S3/c1-3-14-22-20-23-24-21(29-20)28-15-13-19(17-7-5-4-6-8-17)25-30(26,27)18-11-9-16(2)10-12-18/h3-12,19,25H,1,13-15H2,2H3,(H,22,23). The Balaban J connectivity index is 1.68. The maximum atomic E-state index is 12.9. The van der Waals surface area contributed by atoms with Crippen molar-refractivity contribution in [2.45, 2.75) is 28.6 Å². The molecule has 1 heterocycles. The largest absolute Gasteiger partial charge is 0.357 e. The van der Waals surface area contributed by atoms with Crippen LogP contribution < -0.4 is 10.0 Å². The fourth-order valence-electron chi connectivity index (χ4n) is 2.71. The van der Waals surface area contributed by atoms with Crippen LogP contribution in [-0.2, 0) is 10.0 Å². The second kappa shape index (κ2) is 10.7. The molecule has 0 saturated heterocycles. The Morgan fingerprint density at radius 1 is 1.13 bits per heavy atom. The van der Waals surface area contributed by atoms with Crippen molar-refractivity contribution in [3.05, 3.63) is 78.4 Å². The Hall–Kier alpha value is -2.20. The Labute approximate surface area is 185 Å². The number of aryl methyl sites for hydroxylation is 1. The summed E-state index contributed by atoms with van der Waals surface area (Å²) in [5.41, 5.74) is 1.95. The Kier molecular flexibility index (Phi) is 8.03. The molecule has 0 saturated carbocycles. The second-order valence-electron chi connectivity index (χ2n) is 6.58. The van der Waals surface area contributed by atoms with Crippen molar-refractivity contribution in [2.24, 2.45) is 0 Å². The van der Waals surface area contributed by atoms with Crippen LogP contribution in [0.2, 0.25) is 0 Å². The van der Waals surface area contributed by atoms with Crippen molar-refractivity contribution in [1.82, 2.24) is 14.9 Å². The molecule has 9 heteroatoms. The summed E-state index contributed by atoms with van der Waals surface area (Å²) in [7, 11) is -3.63. The van der Waals surface area contributed by atoms with E-state index >= 15 is 0 Å². The van der Waals surface area contributed by atoms with Gasteiger partial charge < -0.3 is 5.32 Å². The van der Waals surface area contributed by atoms with Gasteiger partial charge >= 0.3 is 0 Å². The lowest BCUT2D eigenvalue weighted by Crippen LogP contribution is -2.29. The molecule has 0 bridgehead atoms. The van der Waals surface area contributed by atoms with Gasteiger partial charge in [0.1, 0.15) is 0 Å². The summed E-state index contributed by atoms with van der Waals surface area (Å²) in [6, 6.07) is 16.2. The van der Waals surface area contributed by atoms with Crippen molar-refractivity contribution < 1.29 is 8.42 Å². The van der Waals surface area contributed by atoms with E-state index in [1.54, 1.807) is 42.1 Å². The van der Waals surface area contributed by atoms with Crippen LogP contribution in [0.4, 0.5) is 5.13 Å². The summed E-state index contributed by atoms with van der Waals surface area (Å²) in [5.74, 6) is 0.700. The zero-order valence-corrected chi connectivity index (χ0v) is 19.1. The first-order valence-corrected chi connectivity index (χ1v) is 12.7. The van der Waals surface area contributed by atoms with Crippen LogP contribution in [0.25, 0.3) is 0 Å². The lowest BCUT2D eigenvalue weighted by atomic mass is 10.1. The van der Waals surface area contributed by atoms with Crippen molar-refractivity contribution >= 4 is 38.3 Å². The highest BCUT2D eigenvalue weighted by Crippen LogP contribution is 2.29. The zero-order valence-electron chi connectivity index (χ0n) is 16.6. The van der Waals surface area contributed by atoms with E-state index in [4.69, 9.17) is 0 Å². The van der Waals surface area contributed by atoms with Crippen LogP contribution in [0.1, 0.15) is 23.6 Å². The Morgan fingerprint density at radius 3 is 2.57 bits per heavy atom. The summed E-state index contributed by atoms with van der Waals surface area (Å²) in [6.07, 6.45) is 2.38. The van der Waals surface area contributed by atoms with Crippen LogP contribution in [-0.4, -0.2) is 30.9 Å². The van der Waals surface area contributed by atoms with Gasteiger partial charge in [-0.15, -0.1) is 16.8 Å². The smallest absolute Gasteiger partial charge is 0.241 e. The molecule has 3 rings (SSSR count). The van der Waals surface area contributed by atoms with Crippen LogP contribution in [0.5, 0.6) is 0 Å². The maximum Gasteiger partial charge on any atom is 0.241 e. The molecule has 30 heavy (non-hydrogen) atoms. The molecule has 1 unspecified atom stereocenters. The van der Waals surface area contributed by atoms with Crippen molar-refractivity contribution in [1.29, 1.82) is 0 Å². The van der Waals surface area contributed by atoms with Gasteiger partial charge in [0.25, 0.3) is 0 Å². The van der Waals surface area contributed by atoms with Crippen molar-refractivity contribution in [2.75, 3.05) is 17.6 Å². The zero-order chi connectivity index (χ0) is 21.4. The van der Waals surface area contributed by atoms with Gasteiger partial charge in [0.2, 0.25) is 15.2 Å². The predicted molar refractivity (Wildman–Crippen MR) is 125 cm³/mol. The minimum Gasteiger partial charge on any atom is -0.357 e. The lowest BCUT2D eigenvalue weighted by molar-refractivity contribution is 0.551. The van der Waals surface area contributed by atoms with Crippen LogP contribution in [0.3, 0.4) is 0 Å². The molecule has 158 valence electrons. The number of anilines is 1. The van der Waals surface area contributed by atoms with Gasteiger partial charge in [0.05, 0.1) is 4.90 Å². The minimum atomic E-state index is -3.63. The molecule has 0 aliphatic heterocycles. The van der Waals surface area contributed by atoms with Crippen LogP contribution in [0, 0.1) is 6.92 Å². The summed E-state index contributed by atoms with van der Waals surface area (Å²) >= 11 is 3.04. The fourth-order valence-corrected chi connectivity index (χ4v) is 5.81. The number of hydrogen-bond acceptors (Lipinski definition) is 7. The number of hydrogen-bond donors (Lipinski definition) is 2. The molecule has 0 aliphatic rings. The van der Waals surface area contributed by atoms with Gasteiger partial charge in [-0.25, -0.2) is 13.1 Å². The highest BCUT2D eigenvalue weighted by Gasteiger charge is 2.21. The van der Waals surface area contributed by atoms with E-state index in [2.05, 4.69) is 26.8 Å². The summed E-state index contributed by atoms with van der Waals surface area (Å²) in [6.45, 7) is 6.23. The lowest BCUT2D eigenvalue weighted by Gasteiger charge is -2.19. The predicted octanol–water partition coefficient (Wildman–Crippen LogP) is 4.65. The molecule has 0 amide bonds. The molecule has 6 nitrogen and oxygen atoms in total. The first-order valence-electron chi connectivity index (χ1n) is 9.43. The van der Waals surface area contributed by atoms with E-state index in [0.717, 1.165) is 20.6 Å². The Morgan fingerprint density at radius 2 is 1.87 bits per heavy atom. The molecule has 1 atom stereocenters. The molecule has 3 aromatic rings. The molecule has 0 fully saturated rings. The van der Waals surface area contributed by atoms with Gasteiger partial charge in [0.15, 0.2) is 4.34 Å². The third-order valence-electron chi connectivity index (χ3n) is 4.27. The molecule has 2 N–H and O–H groups in total. The molecule has 1 aromatic heterocycles. The first-order chi connectivity index (χ1) is 14.5.